The number of carbonyl (C=O) groups is 2. The van der Waals surface area contributed by atoms with Crippen LogP contribution in [0.3, 0.4) is 0 Å². The summed E-state index contributed by atoms with van der Waals surface area (Å²) in [6, 6.07) is 5.45. The van der Waals surface area contributed by atoms with Gasteiger partial charge in [0.1, 0.15) is 0 Å². The summed E-state index contributed by atoms with van der Waals surface area (Å²) < 4.78 is 0.941. The first kappa shape index (κ1) is 15.2. The number of hydrogen-bond acceptors (Lipinski definition) is 4. The molecule has 1 aliphatic heterocycles. The zero-order valence-corrected chi connectivity index (χ0v) is 13.7. The van der Waals surface area contributed by atoms with Crippen molar-refractivity contribution < 1.29 is 9.59 Å². The van der Waals surface area contributed by atoms with E-state index in [1.165, 1.54) is 18.3 Å². The fraction of sp³-hybridized carbons (Fsp3) is 0.400. The second kappa shape index (κ2) is 6.22. The number of hydrogen-bond donors (Lipinski definition) is 1. The van der Waals surface area contributed by atoms with E-state index in [0.717, 1.165) is 29.6 Å². The highest BCUT2D eigenvalue weighted by Crippen LogP contribution is 2.29. The van der Waals surface area contributed by atoms with Crippen LogP contribution in [-0.4, -0.2) is 34.8 Å². The standard InChI is InChI=1S/C15H16ClN3O2S/c1-9(20)19-6-2-3-10(8-19)14(21)18-15-17-12-5-4-11(16)7-13(12)22-15/h4-5,7,10H,2-3,6,8H2,1H3,(H,17,18,21). The largest absolute Gasteiger partial charge is 0.342 e. The molecule has 1 aromatic carbocycles. The molecule has 1 aliphatic rings. The van der Waals surface area contributed by atoms with Gasteiger partial charge in [0.15, 0.2) is 5.13 Å². The number of rotatable bonds is 2. The molecule has 0 saturated carbocycles. The molecule has 0 bridgehead atoms. The van der Waals surface area contributed by atoms with E-state index in [1.54, 1.807) is 11.0 Å². The average Bonchev–Trinajstić information content (AvgIpc) is 2.88. The topological polar surface area (TPSA) is 62.3 Å². The number of benzene rings is 1. The third kappa shape index (κ3) is 3.23. The predicted molar refractivity (Wildman–Crippen MR) is 88.2 cm³/mol. The van der Waals surface area contributed by atoms with Crippen LogP contribution in [0, 0.1) is 5.92 Å². The van der Waals surface area contributed by atoms with Crippen molar-refractivity contribution in [3.63, 3.8) is 0 Å². The fourth-order valence-corrected chi connectivity index (χ4v) is 3.78. The molecule has 1 saturated heterocycles. The summed E-state index contributed by atoms with van der Waals surface area (Å²) in [7, 11) is 0. The molecule has 0 spiro atoms. The van der Waals surface area contributed by atoms with Crippen LogP contribution in [0.1, 0.15) is 19.8 Å². The lowest BCUT2D eigenvalue weighted by atomic mass is 9.97. The van der Waals surface area contributed by atoms with Gasteiger partial charge < -0.3 is 10.2 Å². The zero-order valence-electron chi connectivity index (χ0n) is 12.1. The highest BCUT2D eigenvalue weighted by molar-refractivity contribution is 7.22. The molecule has 2 amide bonds. The molecule has 22 heavy (non-hydrogen) atoms. The van der Waals surface area contributed by atoms with Gasteiger partial charge in [-0.1, -0.05) is 22.9 Å². The number of amides is 2. The Kier molecular flexibility index (Phi) is 4.31. The van der Waals surface area contributed by atoms with Gasteiger partial charge in [-0.2, -0.15) is 0 Å². The van der Waals surface area contributed by atoms with E-state index in [2.05, 4.69) is 10.3 Å². The van der Waals surface area contributed by atoms with Crippen LogP contribution in [0.25, 0.3) is 10.2 Å². The minimum atomic E-state index is -0.173. The van der Waals surface area contributed by atoms with Crippen molar-refractivity contribution in [3.8, 4) is 0 Å². The minimum Gasteiger partial charge on any atom is -0.342 e. The Morgan fingerprint density at radius 2 is 2.27 bits per heavy atom. The molecule has 2 aromatic rings. The number of halogens is 1. The smallest absolute Gasteiger partial charge is 0.231 e. The van der Waals surface area contributed by atoms with Crippen LogP contribution < -0.4 is 5.32 Å². The fourth-order valence-electron chi connectivity index (χ4n) is 2.64. The molecule has 0 aliphatic carbocycles. The van der Waals surface area contributed by atoms with Crippen LogP contribution in [0.5, 0.6) is 0 Å². The van der Waals surface area contributed by atoms with Gasteiger partial charge in [-0.05, 0) is 31.0 Å². The summed E-state index contributed by atoms with van der Waals surface area (Å²) in [5.41, 5.74) is 0.818. The van der Waals surface area contributed by atoms with E-state index in [1.807, 2.05) is 12.1 Å². The Bertz CT molecular complexity index is 731. The van der Waals surface area contributed by atoms with E-state index in [9.17, 15) is 9.59 Å². The van der Waals surface area contributed by atoms with Crippen molar-refractivity contribution in [1.82, 2.24) is 9.88 Å². The molecule has 7 heteroatoms. The molecule has 0 radical (unpaired) electrons. The molecular weight excluding hydrogens is 322 g/mol. The van der Waals surface area contributed by atoms with Gasteiger partial charge in [-0.3, -0.25) is 9.59 Å². The summed E-state index contributed by atoms with van der Waals surface area (Å²) >= 11 is 7.36. The second-order valence-electron chi connectivity index (χ2n) is 5.42. The number of nitrogens with one attached hydrogen (secondary N) is 1. The molecular formula is C15H16ClN3O2S. The van der Waals surface area contributed by atoms with Crippen molar-refractivity contribution in [2.24, 2.45) is 5.92 Å². The number of likely N-dealkylation sites (tertiary alicyclic amines) is 1. The number of piperidine rings is 1. The van der Waals surface area contributed by atoms with Crippen molar-refractivity contribution in [3.05, 3.63) is 23.2 Å². The summed E-state index contributed by atoms with van der Waals surface area (Å²) in [4.78, 5) is 29.9. The third-order valence-corrected chi connectivity index (χ3v) is 4.99. The molecule has 1 N–H and O–H groups in total. The first-order valence-electron chi connectivity index (χ1n) is 7.15. The van der Waals surface area contributed by atoms with E-state index < -0.39 is 0 Å². The number of fused-ring (bicyclic) bond motifs is 1. The van der Waals surface area contributed by atoms with Crippen LogP contribution >= 0.6 is 22.9 Å². The van der Waals surface area contributed by atoms with Crippen LogP contribution in [0.2, 0.25) is 5.02 Å². The van der Waals surface area contributed by atoms with Crippen molar-refractivity contribution in [2.75, 3.05) is 18.4 Å². The number of nitrogens with zero attached hydrogens (tertiary/aromatic N) is 2. The first-order chi connectivity index (χ1) is 10.5. The number of anilines is 1. The second-order valence-corrected chi connectivity index (χ2v) is 6.89. The normalized spacial score (nSPS) is 18.5. The molecule has 116 valence electrons. The summed E-state index contributed by atoms with van der Waals surface area (Å²) in [6.07, 6.45) is 1.65. The maximum absolute atomic E-state index is 12.4. The summed E-state index contributed by atoms with van der Waals surface area (Å²) in [6.45, 7) is 2.76. The summed E-state index contributed by atoms with van der Waals surface area (Å²) in [5.74, 6) is -0.225. The molecule has 2 heterocycles. The first-order valence-corrected chi connectivity index (χ1v) is 8.35. The molecule has 1 fully saturated rings. The minimum absolute atomic E-state index is 0.0205. The number of aromatic nitrogens is 1. The molecule has 3 rings (SSSR count). The van der Waals surface area contributed by atoms with E-state index >= 15 is 0 Å². The highest BCUT2D eigenvalue weighted by Gasteiger charge is 2.27. The Labute approximate surface area is 137 Å². The Morgan fingerprint density at radius 1 is 1.45 bits per heavy atom. The molecule has 1 unspecified atom stereocenters. The lowest BCUT2D eigenvalue weighted by Crippen LogP contribution is -2.42. The Balaban J connectivity index is 1.71. The maximum Gasteiger partial charge on any atom is 0.231 e. The Hall–Kier alpha value is -1.66. The van der Waals surface area contributed by atoms with Gasteiger partial charge in [0.2, 0.25) is 11.8 Å². The molecule has 1 aromatic heterocycles. The SMILES string of the molecule is CC(=O)N1CCCC(C(=O)Nc2nc3ccc(Cl)cc3s2)C1. The van der Waals surface area contributed by atoms with Gasteiger partial charge in [0.25, 0.3) is 0 Å². The molecule has 5 nitrogen and oxygen atoms in total. The lowest BCUT2D eigenvalue weighted by Gasteiger charge is -2.31. The van der Waals surface area contributed by atoms with Gasteiger partial charge in [-0.15, -0.1) is 0 Å². The van der Waals surface area contributed by atoms with E-state index in [4.69, 9.17) is 11.6 Å². The zero-order chi connectivity index (χ0) is 15.7. The van der Waals surface area contributed by atoms with E-state index in [-0.39, 0.29) is 17.7 Å². The van der Waals surface area contributed by atoms with E-state index in [0.29, 0.717) is 16.7 Å². The number of thiazole rings is 1. The van der Waals surface area contributed by atoms with Crippen LogP contribution in [-0.2, 0) is 9.59 Å². The van der Waals surface area contributed by atoms with Crippen molar-refractivity contribution in [2.45, 2.75) is 19.8 Å². The monoisotopic (exact) mass is 337 g/mol. The van der Waals surface area contributed by atoms with Gasteiger partial charge in [-0.25, -0.2) is 4.98 Å². The maximum atomic E-state index is 12.4. The predicted octanol–water partition coefficient (Wildman–Crippen LogP) is 3.15. The number of carbonyl (C=O) groups excluding carboxylic acids is 2. The Morgan fingerprint density at radius 3 is 3.05 bits per heavy atom. The van der Waals surface area contributed by atoms with Crippen molar-refractivity contribution >= 4 is 50.1 Å². The van der Waals surface area contributed by atoms with Gasteiger partial charge in [0, 0.05) is 25.0 Å². The van der Waals surface area contributed by atoms with Gasteiger partial charge >= 0.3 is 0 Å². The van der Waals surface area contributed by atoms with Crippen LogP contribution in [0.4, 0.5) is 5.13 Å². The summed E-state index contributed by atoms with van der Waals surface area (Å²) in [5, 5.41) is 4.09. The third-order valence-electron chi connectivity index (χ3n) is 3.82. The van der Waals surface area contributed by atoms with Crippen LogP contribution in [0.15, 0.2) is 18.2 Å². The lowest BCUT2D eigenvalue weighted by molar-refractivity contribution is -0.132. The van der Waals surface area contributed by atoms with Crippen molar-refractivity contribution in [1.29, 1.82) is 0 Å². The highest BCUT2D eigenvalue weighted by atomic mass is 35.5. The average molecular weight is 338 g/mol. The quantitative estimate of drug-likeness (QED) is 0.915. The van der Waals surface area contributed by atoms with Gasteiger partial charge in [0.05, 0.1) is 16.1 Å². The molecule has 1 atom stereocenters.